The lowest BCUT2D eigenvalue weighted by atomic mass is 9.94. The van der Waals surface area contributed by atoms with Gasteiger partial charge in [-0.3, -0.25) is 0 Å². The SMILES string of the molecule is CC1Oc2cc(O)c(Br)cc2C(O)C1n1ccnc1. The topological polar surface area (TPSA) is 67.5 Å². The number of phenols is 1. The Morgan fingerprint density at radius 1 is 1.42 bits per heavy atom. The fourth-order valence-corrected chi connectivity index (χ4v) is 2.81. The Hall–Kier alpha value is -1.53. The van der Waals surface area contributed by atoms with E-state index in [-0.39, 0.29) is 17.9 Å². The Morgan fingerprint density at radius 3 is 2.89 bits per heavy atom. The van der Waals surface area contributed by atoms with Crippen molar-refractivity contribution in [3.8, 4) is 11.5 Å². The van der Waals surface area contributed by atoms with Crippen molar-refractivity contribution in [1.82, 2.24) is 9.55 Å². The van der Waals surface area contributed by atoms with Gasteiger partial charge in [-0.05, 0) is 28.9 Å². The van der Waals surface area contributed by atoms with Crippen molar-refractivity contribution in [2.24, 2.45) is 0 Å². The maximum Gasteiger partial charge on any atom is 0.133 e. The van der Waals surface area contributed by atoms with Gasteiger partial charge in [0.05, 0.1) is 10.8 Å². The van der Waals surface area contributed by atoms with E-state index in [9.17, 15) is 10.2 Å². The molecule has 2 heterocycles. The minimum absolute atomic E-state index is 0.0965. The van der Waals surface area contributed by atoms with E-state index in [4.69, 9.17) is 4.74 Å². The van der Waals surface area contributed by atoms with Gasteiger partial charge in [-0.25, -0.2) is 4.98 Å². The van der Waals surface area contributed by atoms with Crippen LogP contribution in [-0.2, 0) is 0 Å². The molecule has 5 nitrogen and oxygen atoms in total. The van der Waals surface area contributed by atoms with Crippen LogP contribution in [0.3, 0.4) is 0 Å². The van der Waals surface area contributed by atoms with Crippen molar-refractivity contribution in [2.75, 3.05) is 0 Å². The molecule has 2 aromatic rings. The van der Waals surface area contributed by atoms with Gasteiger partial charge in [0, 0.05) is 24.0 Å². The highest BCUT2D eigenvalue weighted by atomic mass is 79.9. The maximum absolute atomic E-state index is 10.5. The molecule has 0 saturated heterocycles. The average molecular weight is 325 g/mol. The molecule has 3 atom stereocenters. The molecule has 6 heteroatoms. The van der Waals surface area contributed by atoms with E-state index in [2.05, 4.69) is 20.9 Å². The third-order valence-corrected chi connectivity index (χ3v) is 4.02. The first-order chi connectivity index (χ1) is 9.08. The van der Waals surface area contributed by atoms with E-state index >= 15 is 0 Å². The summed E-state index contributed by atoms with van der Waals surface area (Å²) in [4.78, 5) is 4.00. The highest BCUT2D eigenvalue weighted by Gasteiger charge is 2.36. The Labute approximate surface area is 118 Å². The van der Waals surface area contributed by atoms with Gasteiger partial charge in [0.1, 0.15) is 29.7 Å². The summed E-state index contributed by atoms with van der Waals surface area (Å²) in [6.45, 7) is 1.88. The number of rotatable bonds is 1. The number of hydrogen-bond acceptors (Lipinski definition) is 4. The van der Waals surface area contributed by atoms with Gasteiger partial charge in [-0.15, -0.1) is 0 Å². The largest absolute Gasteiger partial charge is 0.507 e. The number of aliphatic hydroxyl groups excluding tert-OH is 1. The molecule has 1 aromatic carbocycles. The van der Waals surface area contributed by atoms with E-state index in [1.54, 1.807) is 24.8 Å². The van der Waals surface area contributed by atoms with Gasteiger partial charge < -0.3 is 19.5 Å². The third kappa shape index (κ3) is 2.01. The summed E-state index contributed by atoms with van der Waals surface area (Å²) in [6.07, 6.45) is 4.19. The molecule has 1 aliphatic heterocycles. The molecule has 3 unspecified atom stereocenters. The summed E-state index contributed by atoms with van der Waals surface area (Å²) in [5.74, 6) is 0.608. The van der Waals surface area contributed by atoms with Crippen molar-refractivity contribution in [2.45, 2.75) is 25.2 Å². The Balaban J connectivity index is 2.07. The molecule has 0 fully saturated rings. The van der Waals surface area contributed by atoms with E-state index < -0.39 is 6.10 Å². The van der Waals surface area contributed by atoms with Gasteiger partial charge >= 0.3 is 0 Å². The van der Waals surface area contributed by atoms with Crippen LogP contribution in [-0.4, -0.2) is 25.9 Å². The van der Waals surface area contributed by atoms with Gasteiger partial charge in [0.15, 0.2) is 0 Å². The lowest BCUT2D eigenvalue weighted by molar-refractivity contribution is 0.0149. The van der Waals surface area contributed by atoms with E-state index in [1.807, 2.05) is 11.5 Å². The number of phenolic OH excluding ortho intramolecular Hbond substituents is 1. The van der Waals surface area contributed by atoms with Crippen molar-refractivity contribution >= 4 is 15.9 Å². The highest BCUT2D eigenvalue weighted by molar-refractivity contribution is 9.10. The molecule has 19 heavy (non-hydrogen) atoms. The number of ether oxygens (including phenoxy) is 1. The first kappa shape index (κ1) is 12.5. The molecule has 1 aliphatic rings. The number of aromatic nitrogens is 2. The maximum atomic E-state index is 10.5. The zero-order valence-electron chi connectivity index (χ0n) is 10.2. The minimum atomic E-state index is -0.718. The summed E-state index contributed by atoms with van der Waals surface area (Å²) in [7, 11) is 0. The second kappa shape index (κ2) is 4.54. The predicted molar refractivity (Wildman–Crippen MR) is 72.1 cm³/mol. The molecule has 0 radical (unpaired) electrons. The van der Waals surface area contributed by atoms with Crippen LogP contribution in [0.15, 0.2) is 35.3 Å². The van der Waals surface area contributed by atoms with Gasteiger partial charge in [0.25, 0.3) is 0 Å². The van der Waals surface area contributed by atoms with E-state index in [0.29, 0.717) is 15.8 Å². The van der Waals surface area contributed by atoms with Gasteiger partial charge in [0.2, 0.25) is 0 Å². The first-order valence-electron chi connectivity index (χ1n) is 5.92. The quantitative estimate of drug-likeness (QED) is 0.845. The fraction of sp³-hybridized carbons (Fsp3) is 0.308. The Kier molecular flexibility index (Phi) is 2.99. The zero-order chi connectivity index (χ0) is 13.6. The number of halogens is 1. The molecular weight excluding hydrogens is 312 g/mol. The first-order valence-corrected chi connectivity index (χ1v) is 6.72. The Bertz CT molecular complexity index is 600. The lowest BCUT2D eigenvalue weighted by Crippen LogP contribution is -2.35. The number of fused-ring (bicyclic) bond motifs is 1. The fourth-order valence-electron chi connectivity index (χ4n) is 2.45. The monoisotopic (exact) mass is 324 g/mol. The third-order valence-electron chi connectivity index (χ3n) is 3.38. The molecular formula is C13H13BrN2O3. The summed E-state index contributed by atoms with van der Waals surface area (Å²) < 4.78 is 8.15. The molecule has 2 N–H and O–H groups in total. The molecule has 0 spiro atoms. The second-order valence-corrected chi connectivity index (χ2v) is 5.46. The molecule has 0 bridgehead atoms. The van der Waals surface area contributed by atoms with Crippen LogP contribution in [0.1, 0.15) is 24.6 Å². The number of nitrogens with zero attached hydrogens (tertiary/aromatic N) is 2. The van der Waals surface area contributed by atoms with Crippen LogP contribution >= 0.6 is 15.9 Å². The van der Waals surface area contributed by atoms with Crippen molar-refractivity contribution < 1.29 is 14.9 Å². The Morgan fingerprint density at radius 2 is 2.21 bits per heavy atom. The number of hydrogen-bond donors (Lipinski definition) is 2. The van der Waals surface area contributed by atoms with Crippen LogP contribution in [0.25, 0.3) is 0 Å². The van der Waals surface area contributed by atoms with Crippen LogP contribution < -0.4 is 4.74 Å². The van der Waals surface area contributed by atoms with E-state index in [1.165, 1.54) is 6.07 Å². The van der Waals surface area contributed by atoms with Crippen LogP contribution in [0.2, 0.25) is 0 Å². The molecule has 0 amide bonds. The predicted octanol–water partition coefficient (Wildman–Crippen LogP) is 2.41. The summed E-state index contributed by atoms with van der Waals surface area (Å²) >= 11 is 3.25. The number of benzene rings is 1. The zero-order valence-corrected chi connectivity index (χ0v) is 11.8. The van der Waals surface area contributed by atoms with E-state index in [0.717, 1.165) is 0 Å². The van der Waals surface area contributed by atoms with Gasteiger partial charge in [-0.2, -0.15) is 0 Å². The summed E-state index contributed by atoms with van der Waals surface area (Å²) in [5.41, 5.74) is 0.654. The van der Waals surface area contributed by atoms with Gasteiger partial charge in [-0.1, -0.05) is 0 Å². The average Bonchev–Trinajstić information content (AvgIpc) is 2.86. The minimum Gasteiger partial charge on any atom is -0.507 e. The van der Waals surface area contributed by atoms with Crippen molar-refractivity contribution in [3.63, 3.8) is 0 Å². The molecule has 3 rings (SSSR count). The number of aromatic hydroxyl groups is 1. The summed E-state index contributed by atoms with van der Waals surface area (Å²) in [6, 6.07) is 2.96. The normalized spacial score (nSPS) is 25.7. The highest BCUT2D eigenvalue weighted by Crippen LogP contribution is 2.44. The van der Waals surface area contributed by atoms with Crippen molar-refractivity contribution in [3.05, 3.63) is 40.9 Å². The molecule has 0 saturated carbocycles. The molecule has 0 aliphatic carbocycles. The summed E-state index contributed by atoms with van der Waals surface area (Å²) in [5, 5.41) is 20.2. The van der Waals surface area contributed by atoms with Crippen LogP contribution in [0.4, 0.5) is 0 Å². The molecule has 100 valence electrons. The second-order valence-electron chi connectivity index (χ2n) is 4.61. The number of imidazole rings is 1. The van der Waals surface area contributed by atoms with Crippen LogP contribution in [0.5, 0.6) is 11.5 Å². The number of aliphatic hydroxyl groups is 1. The molecule has 1 aromatic heterocycles. The lowest BCUT2D eigenvalue weighted by Gasteiger charge is -2.36. The smallest absolute Gasteiger partial charge is 0.133 e. The standard InChI is InChI=1S/C13H13BrN2O3/c1-7-12(16-3-2-15-6-16)13(18)8-4-9(14)10(17)5-11(8)19-7/h2-7,12-13,17-18H,1H3. The van der Waals surface area contributed by atoms with Crippen LogP contribution in [0, 0.1) is 0 Å². The van der Waals surface area contributed by atoms with Crippen molar-refractivity contribution in [1.29, 1.82) is 0 Å².